The monoisotopic (exact) mass is 466 g/mol. The molecule has 0 aliphatic heterocycles. The first-order valence-corrected chi connectivity index (χ1v) is 12.6. The van der Waals surface area contributed by atoms with Crippen LogP contribution in [0.25, 0.3) is 20.5 Å². The second kappa shape index (κ2) is 9.72. The molecule has 4 aromatic rings. The molecule has 4 rings (SSSR count). The average Bonchev–Trinajstić information content (AvgIpc) is 3.43. The van der Waals surface area contributed by atoms with Crippen molar-refractivity contribution in [2.24, 2.45) is 0 Å². The summed E-state index contributed by atoms with van der Waals surface area (Å²) in [6.45, 7) is 6.29. The summed E-state index contributed by atoms with van der Waals surface area (Å²) in [5.41, 5.74) is 3.81. The van der Waals surface area contributed by atoms with Crippen molar-refractivity contribution in [3.05, 3.63) is 65.2 Å². The quantitative estimate of drug-likeness (QED) is 0.315. The average molecular weight is 467 g/mol. The van der Waals surface area contributed by atoms with Crippen LogP contribution in [-0.4, -0.2) is 26.8 Å². The highest BCUT2D eigenvalue weighted by atomic mass is 32.2. The first-order valence-electron chi connectivity index (χ1n) is 9.87. The maximum Gasteiger partial charge on any atom is 0.234 e. The molecule has 0 saturated carbocycles. The Morgan fingerprint density at radius 2 is 1.90 bits per heavy atom. The van der Waals surface area contributed by atoms with Gasteiger partial charge in [-0.15, -0.1) is 32.9 Å². The smallest absolute Gasteiger partial charge is 0.234 e. The Labute approximate surface area is 194 Å². The summed E-state index contributed by atoms with van der Waals surface area (Å²) in [6.07, 6.45) is 0. The minimum Gasteiger partial charge on any atom is -0.325 e. The number of hydrogen-bond donors (Lipinski definition) is 1. The van der Waals surface area contributed by atoms with Crippen molar-refractivity contribution in [1.29, 1.82) is 0 Å². The van der Waals surface area contributed by atoms with E-state index in [1.165, 1.54) is 17.3 Å². The van der Waals surface area contributed by atoms with Crippen molar-refractivity contribution in [3.8, 4) is 20.5 Å². The highest BCUT2D eigenvalue weighted by molar-refractivity contribution is 7.99. The molecule has 0 unspecified atom stereocenters. The van der Waals surface area contributed by atoms with E-state index >= 15 is 0 Å². The van der Waals surface area contributed by atoms with Gasteiger partial charge in [-0.25, -0.2) is 4.98 Å². The summed E-state index contributed by atoms with van der Waals surface area (Å²) in [7, 11) is 0. The van der Waals surface area contributed by atoms with Crippen LogP contribution < -0.4 is 5.32 Å². The third kappa shape index (κ3) is 5.39. The summed E-state index contributed by atoms with van der Waals surface area (Å²) in [4.78, 5) is 19.1. The van der Waals surface area contributed by atoms with Gasteiger partial charge in [0.1, 0.15) is 15.7 Å². The molecule has 0 atom stereocenters. The van der Waals surface area contributed by atoms with Gasteiger partial charge in [0, 0.05) is 5.69 Å². The standard InChI is InChI=1S/C23H22N4OS3/c1-14(2)16-6-8-17(9-7-16)25-20(28)13-30-21-11-10-18(26-27-21)22-15(3)24-23(31-22)19-5-4-12-29-19/h4-12,14H,13H2,1-3H3,(H,25,28). The van der Waals surface area contributed by atoms with Crippen LogP contribution in [0.5, 0.6) is 0 Å². The molecule has 0 radical (unpaired) electrons. The van der Waals surface area contributed by atoms with Crippen molar-refractivity contribution in [1.82, 2.24) is 15.2 Å². The molecule has 1 amide bonds. The van der Waals surface area contributed by atoms with Gasteiger partial charge in [0.05, 0.1) is 21.2 Å². The summed E-state index contributed by atoms with van der Waals surface area (Å²) in [5, 5.41) is 15.4. The number of nitrogens with zero attached hydrogens (tertiary/aromatic N) is 3. The zero-order chi connectivity index (χ0) is 21.8. The molecule has 0 aliphatic carbocycles. The number of thiazole rings is 1. The number of aryl methyl sites for hydroxylation is 1. The van der Waals surface area contributed by atoms with Crippen molar-refractivity contribution in [2.45, 2.75) is 31.7 Å². The number of benzene rings is 1. The molecule has 0 saturated heterocycles. The molecule has 0 aliphatic rings. The summed E-state index contributed by atoms with van der Waals surface area (Å²) < 4.78 is 0. The Balaban J connectivity index is 1.35. The van der Waals surface area contributed by atoms with Crippen LogP contribution in [0.3, 0.4) is 0 Å². The maximum absolute atomic E-state index is 12.3. The fraction of sp³-hybridized carbons (Fsp3) is 0.217. The Morgan fingerprint density at radius 1 is 1.10 bits per heavy atom. The molecule has 5 nitrogen and oxygen atoms in total. The Bertz CT molecular complexity index is 1150. The number of carbonyl (C=O) groups excluding carboxylic acids is 1. The molecule has 0 fully saturated rings. The lowest BCUT2D eigenvalue weighted by atomic mass is 10.0. The van der Waals surface area contributed by atoms with Gasteiger partial charge in [-0.3, -0.25) is 4.79 Å². The van der Waals surface area contributed by atoms with Crippen molar-refractivity contribution < 1.29 is 4.79 Å². The topological polar surface area (TPSA) is 67.8 Å². The van der Waals surface area contributed by atoms with Gasteiger partial charge >= 0.3 is 0 Å². The second-order valence-electron chi connectivity index (χ2n) is 7.28. The lowest BCUT2D eigenvalue weighted by Gasteiger charge is -2.08. The normalized spacial score (nSPS) is 11.1. The molecule has 1 N–H and O–H groups in total. The van der Waals surface area contributed by atoms with E-state index in [0.29, 0.717) is 5.92 Å². The molecular weight excluding hydrogens is 444 g/mol. The van der Waals surface area contributed by atoms with Crippen LogP contribution in [0, 0.1) is 6.92 Å². The summed E-state index contributed by atoms with van der Waals surface area (Å²) >= 11 is 4.67. The van der Waals surface area contributed by atoms with E-state index < -0.39 is 0 Å². The maximum atomic E-state index is 12.3. The van der Waals surface area contributed by atoms with E-state index in [1.807, 2.05) is 49.4 Å². The molecule has 1 aromatic carbocycles. The van der Waals surface area contributed by atoms with Crippen molar-refractivity contribution in [3.63, 3.8) is 0 Å². The zero-order valence-corrected chi connectivity index (χ0v) is 19.9. The zero-order valence-electron chi connectivity index (χ0n) is 17.5. The third-order valence-electron chi connectivity index (χ3n) is 4.61. The highest BCUT2D eigenvalue weighted by Crippen LogP contribution is 2.36. The first kappa shape index (κ1) is 21.7. The molecule has 8 heteroatoms. The van der Waals surface area contributed by atoms with Crippen LogP contribution in [0.2, 0.25) is 0 Å². The predicted octanol–water partition coefficient (Wildman–Crippen LogP) is 6.49. The SMILES string of the molecule is Cc1nc(-c2cccs2)sc1-c1ccc(SCC(=O)Nc2ccc(C(C)C)cc2)nn1. The molecule has 0 spiro atoms. The fourth-order valence-corrected chi connectivity index (χ4v) is 5.39. The summed E-state index contributed by atoms with van der Waals surface area (Å²) in [6, 6.07) is 15.9. The number of anilines is 1. The molecule has 3 heterocycles. The number of nitrogens with one attached hydrogen (secondary N) is 1. The van der Waals surface area contributed by atoms with Crippen LogP contribution in [-0.2, 0) is 4.79 Å². The van der Waals surface area contributed by atoms with Gasteiger partial charge in [0.2, 0.25) is 5.91 Å². The number of carbonyl (C=O) groups is 1. The van der Waals surface area contributed by atoms with E-state index in [-0.39, 0.29) is 11.7 Å². The molecule has 158 valence electrons. The number of thiophene rings is 1. The van der Waals surface area contributed by atoms with Crippen LogP contribution in [0.15, 0.2) is 58.9 Å². The van der Waals surface area contributed by atoms with E-state index in [2.05, 4.69) is 45.8 Å². The molecule has 0 bridgehead atoms. The van der Waals surface area contributed by atoms with E-state index in [0.717, 1.165) is 36.9 Å². The van der Waals surface area contributed by atoms with E-state index in [9.17, 15) is 4.79 Å². The number of aromatic nitrogens is 3. The number of hydrogen-bond acceptors (Lipinski definition) is 7. The van der Waals surface area contributed by atoms with Crippen LogP contribution >= 0.6 is 34.4 Å². The van der Waals surface area contributed by atoms with Crippen LogP contribution in [0.1, 0.15) is 31.0 Å². The third-order valence-corrected chi connectivity index (χ3v) is 7.75. The number of thioether (sulfide) groups is 1. The van der Waals surface area contributed by atoms with Gasteiger partial charge in [0.15, 0.2) is 0 Å². The van der Waals surface area contributed by atoms with Gasteiger partial charge < -0.3 is 5.32 Å². The van der Waals surface area contributed by atoms with Crippen molar-refractivity contribution >= 4 is 46.0 Å². The van der Waals surface area contributed by atoms with Crippen molar-refractivity contribution in [2.75, 3.05) is 11.1 Å². The largest absolute Gasteiger partial charge is 0.325 e. The van der Waals surface area contributed by atoms with Gasteiger partial charge in [0.25, 0.3) is 0 Å². The molecule has 3 aromatic heterocycles. The Hall–Kier alpha value is -2.55. The highest BCUT2D eigenvalue weighted by Gasteiger charge is 2.14. The molecular formula is C23H22N4OS3. The van der Waals surface area contributed by atoms with Crippen LogP contribution in [0.4, 0.5) is 5.69 Å². The Morgan fingerprint density at radius 3 is 2.55 bits per heavy atom. The first-order chi connectivity index (χ1) is 15.0. The minimum absolute atomic E-state index is 0.0629. The minimum atomic E-state index is -0.0629. The predicted molar refractivity (Wildman–Crippen MR) is 131 cm³/mol. The summed E-state index contributed by atoms with van der Waals surface area (Å²) in [5.74, 6) is 0.687. The fourth-order valence-electron chi connectivity index (χ4n) is 2.95. The number of amides is 1. The van der Waals surface area contributed by atoms with Gasteiger partial charge in [-0.1, -0.05) is 43.8 Å². The molecule has 31 heavy (non-hydrogen) atoms. The second-order valence-corrected chi connectivity index (χ2v) is 10.2. The Kier molecular flexibility index (Phi) is 6.80. The lowest BCUT2D eigenvalue weighted by molar-refractivity contribution is -0.113. The lowest BCUT2D eigenvalue weighted by Crippen LogP contribution is -2.14. The van der Waals surface area contributed by atoms with E-state index in [4.69, 9.17) is 0 Å². The van der Waals surface area contributed by atoms with Gasteiger partial charge in [-0.2, -0.15) is 0 Å². The van der Waals surface area contributed by atoms with E-state index in [1.54, 1.807) is 22.7 Å². The number of rotatable bonds is 7. The van der Waals surface area contributed by atoms with Gasteiger partial charge in [-0.05, 0) is 54.1 Å².